The molecule has 2 rings (SSSR count). The van der Waals surface area contributed by atoms with Crippen molar-refractivity contribution >= 4 is 23.0 Å². The summed E-state index contributed by atoms with van der Waals surface area (Å²) in [4.78, 5) is 20.5. The first kappa shape index (κ1) is 13.9. The molecule has 0 aliphatic heterocycles. The molecule has 0 saturated carbocycles. The summed E-state index contributed by atoms with van der Waals surface area (Å²) >= 11 is 5.82. The average molecular weight is 297 g/mol. The second kappa shape index (κ2) is 4.89. The summed E-state index contributed by atoms with van der Waals surface area (Å²) in [5.74, 6) is 0. The molecule has 9 heteroatoms. The summed E-state index contributed by atoms with van der Waals surface area (Å²) in [6.07, 6.45) is 0. The first-order chi connectivity index (χ1) is 9.32. The summed E-state index contributed by atoms with van der Waals surface area (Å²) in [6.45, 7) is 3.07. The third-order valence-corrected chi connectivity index (χ3v) is 3.11. The van der Waals surface area contributed by atoms with E-state index in [-0.39, 0.29) is 22.1 Å². The zero-order chi connectivity index (χ0) is 15.0. The number of halogens is 1. The molecular formula is C11H9ClN4O4. The minimum atomic E-state index is -0.601. The number of benzene rings is 1. The Morgan fingerprint density at radius 1 is 1.20 bits per heavy atom. The average Bonchev–Trinajstić information content (AvgIpc) is 2.64. The van der Waals surface area contributed by atoms with E-state index in [1.807, 2.05) is 0 Å². The molecule has 0 saturated heterocycles. The summed E-state index contributed by atoms with van der Waals surface area (Å²) in [7, 11) is 0. The topological polar surface area (TPSA) is 104 Å². The van der Waals surface area contributed by atoms with Crippen LogP contribution in [0.4, 0.5) is 11.4 Å². The molecule has 0 spiro atoms. The lowest BCUT2D eigenvalue weighted by Crippen LogP contribution is -2.00. The van der Waals surface area contributed by atoms with Gasteiger partial charge < -0.3 is 0 Å². The molecule has 0 amide bonds. The highest BCUT2D eigenvalue weighted by Gasteiger charge is 2.23. The molecule has 0 radical (unpaired) electrons. The number of nitrogens with zero attached hydrogens (tertiary/aromatic N) is 4. The van der Waals surface area contributed by atoms with E-state index in [1.54, 1.807) is 6.92 Å². The van der Waals surface area contributed by atoms with E-state index in [1.165, 1.54) is 29.8 Å². The molecule has 0 N–H and O–H groups in total. The van der Waals surface area contributed by atoms with Gasteiger partial charge in [0, 0.05) is 6.07 Å². The Morgan fingerprint density at radius 3 is 2.30 bits per heavy atom. The smallest absolute Gasteiger partial charge is 0.258 e. The maximum atomic E-state index is 10.9. The molecule has 8 nitrogen and oxygen atoms in total. The van der Waals surface area contributed by atoms with Gasteiger partial charge in [-0.15, -0.1) is 0 Å². The normalized spacial score (nSPS) is 10.6. The number of aryl methyl sites for hydroxylation is 1. The highest BCUT2D eigenvalue weighted by Crippen LogP contribution is 2.29. The van der Waals surface area contributed by atoms with Crippen LogP contribution < -0.4 is 0 Å². The fourth-order valence-electron chi connectivity index (χ4n) is 1.93. The van der Waals surface area contributed by atoms with Crippen LogP contribution in [0, 0.1) is 34.1 Å². The Balaban J connectivity index is 2.58. The number of hydrogen-bond acceptors (Lipinski definition) is 5. The zero-order valence-electron chi connectivity index (χ0n) is 10.5. The second-order valence-electron chi connectivity index (χ2n) is 4.08. The quantitative estimate of drug-likeness (QED) is 0.639. The molecular weight excluding hydrogens is 288 g/mol. The largest absolute Gasteiger partial charge is 0.313 e. The van der Waals surface area contributed by atoms with Crippen LogP contribution in [0.25, 0.3) is 5.69 Å². The summed E-state index contributed by atoms with van der Waals surface area (Å²) in [5.41, 5.74) is 0.708. The van der Waals surface area contributed by atoms with Gasteiger partial charge in [-0.2, -0.15) is 5.10 Å². The van der Waals surface area contributed by atoms with Crippen LogP contribution in [-0.4, -0.2) is 19.6 Å². The van der Waals surface area contributed by atoms with Gasteiger partial charge in [0.15, 0.2) is 0 Å². The van der Waals surface area contributed by atoms with Crippen molar-refractivity contribution in [2.24, 2.45) is 0 Å². The van der Waals surface area contributed by atoms with Crippen LogP contribution in [-0.2, 0) is 0 Å². The highest BCUT2D eigenvalue weighted by molar-refractivity contribution is 6.32. The van der Waals surface area contributed by atoms with Crippen LogP contribution in [0.1, 0.15) is 11.4 Å². The van der Waals surface area contributed by atoms with E-state index in [0.29, 0.717) is 11.4 Å². The minimum absolute atomic E-state index is 0.0530. The predicted molar refractivity (Wildman–Crippen MR) is 71.4 cm³/mol. The molecule has 0 bridgehead atoms. The lowest BCUT2D eigenvalue weighted by molar-refractivity contribution is -0.386. The third-order valence-electron chi connectivity index (χ3n) is 2.81. The molecule has 0 aliphatic rings. The first-order valence-electron chi connectivity index (χ1n) is 5.48. The fourth-order valence-corrected chi connectivity index (χ4v) is 2.17. The van der Waals surface area contributed by atoms with Crippen molar-refractivity contribution < 1.29 is 9.85 Å². The van der Waals surface area contributed by atoms with Crippen LogP contribution in [0.2, 0.25) is 5.02 Å². The maximum absolute atomic E-state index is 10.9. The Kier molecular flexibility index (Phi) is 3.41. The van der Waals surface area contributed by atoms with Crippen molar-refractivity contribution in [2.75, 3.05) is 0 Å². The summed E-state index contributed by atoms with van der Waals surface area (Å²) in [5, 5.41) is 25.6. The van der Waals surface area contributed by atoms with Gasteiger partial charge in [0.25, 0.3) is 5.69 Å². The maximum Gasteiger partial charge on any atom is 0.313 e. The zero-order valence-corrected chi connectivity index (χ0v) is 11.3. The van der Waals surface area contributed by atoms with Crippen LogP contribution in [0.5, 0.6) is 0 Å². The van der Waals surface area contributed by atoms with Gasteiger partial charge in [0.1, 0.15) is 16.4 Å². The van der Waals surface area contributed by atoms with Crippen molar-refractivity contribution in [3.05, 3.63) is 54.8 Å². The SMILES string of the molecule is Cc1nn(-c2ccc([N+](=O)[O-])c(Cl)c2)c(C)c1[N+](=O)[O-]. The van der Waals surface area contributed by atoms with Gasteiger partial charge in [0.2, 0.25) is 0 Å². The van der Waals surface area contributed by atoms with Crippen molar-refractivity contribution in [3.8, 4) is 5.69 Å². The number of nitro groups is 2. The van der Waals surface area contributed by atoms with Crippen molar-refractivity contribution in [3.63, 3.8) is 0 Å². The molecule has 0 unspecified atom stereocenters. The minimum Gasteiger partial charge on any atom is -0.258 e. The highest BCUT2D eigenvalue weighted by atomic mass is 35.5. The second-order valence-corrected chi connectivity index (χ2v) is 4.49. The van der Waals surface area contributed by atoms with E-state index < -0.39 is 9.85 Å². The molecule has 1 aromatic heterocycles. The third kappa shape index (κ3) is 2.21. The van der Waals surface area contributed by atoms with Gasteiger partial charge in [-0.25, -0.2) is 4.68 Å². The Bertz CT molecular complexity index is 725. The van der Waals surface area contributed by atoms with Gasteiger partial charge in [-0.3, -0.25) is 20.2 Å². The standard InChI is InChI=1S/C11H9ClN4O4/c1-6-11(16(19)20)7(2)14(13-6)8-3-4-10(15(17)18)9(12)5-8/h3-5H,1-2H3. The lowest BCUT2D eigenvalue weighted by atomic mass is 10.2. The van der Waals surface area contributed by atoms with Crippen molar-refractivity contribution in [2.45, 2.75) is 13.8 Å². The molecule has 20 heavy (non-hydrogen) atoms. The number of aromatic nitrogens is 2. The molecule has 104 valence electrons. The predicted octanol–water partition coefficient (Wildman–Crippen LogP) is 2.96. The Morgan fingerprint density at radius 2 is 1.85 bits per heavy atom. The van der Waals surface area contributed by atoms with E-state index in [9.17, 15) is 20.2 Å². The van der Waals surface area contributed by atoms with Gasteiger partial charge in [-0.1, -0.05) is 11.6 Å². The molecule has 0 fully saturated rings. The lowest BCUT2D eigenvalue weighted by Gasteiger charge is -2.04. The van der Waals surface area contributed by atoms with Crippen LogP contribution >= 0.6 is 11.6 Å². The van der Waals surface area contributed by atoms with Crippen molar-refractivity contribution in [1.29, 1.82) is 0 Å². The number of rotatable bonds is 3. The Hall–Kier alpha value is -2.48. The first-order valence-corrected chi connectivity index (χ1v) is 5.85. The number of hydrogen-bond donors (Lipinski definition) is 0. The molecule has 0 atom stereocenters. The van der Waals surface area contributed by atoms with E-state index in [2.05, 4.69) is 5.10 Å². The molecule has 1 heterocycles. The fraction of sp³-hybridized carbons (Fsp3) is 0.182. The molecule has 2 aromatic rings. The van der Waals surface area contributed by atoms with E-state index in [4.69, 9.17) is 11.6 Å². The van der Waals surface area contributed by atoms with Gasteiger partial charge in [0.05, 0.1) is 15.5 Å². The van der Waals surface area contributed by atoms with Crippen LogP contribution in [0.3, 0.4) is 0 Å². The summed E-state index contributed by atoms with van der Waals surface area (Å²) in [6, 6.07) is 4.02. The van der Waals surface area contributed by atoms with E-state index >= 15 is 0 Å². The Labute approximate surface area is 117 Å². The van der Waals surface area contributed by atoms with Gasteiger partial charge in [-0.05, 0) is 26.0 Å². The van der Waals surface area contributed by atoms with Gasteiger partial charge >= 0.3 is 5.69 Å². The van der Waals surface area contributed by atoms with E-state index in [0.717, 1.165) is 0 Å². The van der Waals surface area contributed by atoms with Crippen LogP contribution in [0.15, 0.2) is 18.2 Å². The molecule has 0 aliphatic carbocycles. The number of nitro benzene ring substituents is 1. The van der Waals surface area contributed by atoms with Crippen molar-refractivity contribution in [1.82, 2.24) is 9.78 Å². The monoisotopic (exact) mass is 296 g/mol. The summed E-state index contributed by atoms with van der Waals surface area (Å²) < 4.78 is 1.34. The molecule has 1 aromatic carbocycles.